The fraction of sp³-hybridized carbons (Fsp3) is 0.889. The van der Waals surface area contributed by atoms with Crippen molar-refractivity contribution in [1.82, 2.24) is 5.32 Å². The predicted molar refractivity (Wildman–Crippen MR) is 56.3 cm³/mol. The zero-order valence-corrected chi connectivity index (χ0v) is 9.25. The predicted octanol–water partition coefficient (Wildman–Crippen LogP) is 1.80. The molecule has 0 radical (unpaired) electrons. The van der Waals surface area contributed by atoms with Crippen LogP contribution in [0.2, 0.25) is 0 Å². The van der Waals surface area contributed by atoms with Crippen LogP contribution in [0.4, 0.5) is 0 Å². The van der Waals surface area contributed by atoms with E-state index in [-0.39, 0.29) is 5.91 Å². The van der Waals surface area contributed by atoms with Gasteiger partial charge >= 0.3 is 0 Å². The summed E-state index contributed by atoms with van der Waals surface area (Å²) in [4.78, 5) is 10.5. The molecule has 0 aromatic heterocycles. The van der Waals surface area contributed by atoms with E-state index in [1.165, 1.54) is 19.0 Å². The number of carbonyl (C=O) groups is 1. The van der Waals surface area contributed by atoms with Gasteiger partial charge in [0.1, 0.15) is 0 Å². The Hall–Kier alpha value is -0.100. The zero-order valence-electron chi connectivity index (χ0n) is 8.10. The summed E-state index contributed by atoms with van der Waals surface area (Å²) in [6.45, 7) is 4.63. The molecule has 0 saturated carbocycles. The summed E-state index contributed by atoms with van der Waals surface area (Å²) >= 11 is 0. The Morgan fingerprint density at radius 3 is 2.67 bits per heavy atom. The van der Waals surface area contributed by atoms with Gasteiger partial charge in [0.2, 0.25) is 5.91 Å². The Balaban J connectivity index is 3.19. The van der Waals surface area contributed by atoms with Crippen LogP contribution in [0.25, 0.3) is 0 Å². The molecule has 1 amide bonds. The fourth-order valence-electron chi connectivity index (χ4n) is 1.11. The average molecular weight is 189 g/mol. The second-order valence-electron chi connectivity index (χ2n) is 3.31. The third-order valence-electron chi connectivity index (χ3n) is 1.91. The molecule has 1 N–H and O–H groups in total. The van der Waals surface area contributed by atoms with Crippen molar-refractivity contribution in [1.29, 1.82) is 0 Å². The van der Waals surface area contributed by atoms with Crippen LogP contribution >= 0.6 is 9.24 Å². The maximum Gasteiger partial charge on any atom is 0.216 e. The normalized spacial score (nSPS) is 12.6. The van der Waals surface area contributed by atoms with Crippen LogP contribution in [0.5, 0.6) is 0 Å². The summed E-state index contributed by atoms with van der Waals surface area (Å²) in [5.41, 5.74) is 0. The van der Waals surface area contributed by atoms with E-state index in [1.807, 2.05) is 0 Å². The fourth-order valence-corrected chi connectivity index (χ4v) is 1.34. The van der Waals surface area contributed by atoms with E-state index >= 15 is 0 Å². The minimum absolute atomic E-state index is 0.0771. The van der Waals surface area contributed by atoms with Crippen molar-refractivity contribution in [3.63, 3.8) is 0 Å². The van der Waals surface area contributed by atoms with Crippen LogP contribution in [0.15, 0.2) is 0 Å². The average Bonchev–Trinajstić information content (AvgIpc) is 2.00. The molecule has 0 aromatic carbocycles. The molecule has 0 aromatic rings. The summed E-state index contributed by atoms with van der Waals surface area (Å²) in [6.07, 6.45) is 4.82. The highest BCUT2D eigenvalue weighted by molar-refractivity contribution is 7.16. The molecule has 0 fully saturated rings. The largest absolute Gasteiger partial charge is 0.356 e. The molecule has 0 bridgehead atoms. The first kappa shape index (κ1) is 11.9. The van der Waals surface area contributed by atoms with E-state index in [1.54, 1.807) is 6.92 Å². The molecule has 72 valence electrons. The molecule has 2 unspecified atom stereocenters. The van der Waals surface area contributed by atoms with Crippen molar-refractivity contribution in [2.75, 3.05) is 12.7 Å². The van der Waals surface area contributed by atoms with Gasteiger partial charge in [0.05, 0.1) is 0 Å². The van der Waals surface area contributed by atoms with Crippen LogP contribution in [0.1, 0.15) is 33.1 Å². The number of nitrogens with one attached hydrogen (secondary N) is 1. The molecule has 0 saturated heterocycles. The molecule has 0 spiro atoms. The summed E-state index contributed by atoms with van der Waals surface area (Å²) < 4.78 is 0. The van der Waals surface area contributed by atoms with Gasteiger partial charge in [-0.15, -0.1) is 9.24 Å². The standard InChI is InChI=1S/C9H20NOP/c1-8(4-3-7-12)5-6-10-9(2)11/h8H,3-7,12H2,1-2H3,(H,10,11). The van der Waals surface area contributed by atoms with Crippen LogP contribution in [0, 0.1) is 5.92 Å². The van der Waals surface area contributed by atoms with Crippen molar-refractivity contribution in [2.24, 2.45) is 5.92 Å². The first-order valence-corrected chi connectivity index (χ1v) is 5.43. The lowest BCUT2D eigenvalue weighted by Crippen LogP contribution is -2.22. The molecule has 0 aliphatic carbocycles. The zero-order chi connectivity index (χ0) is 9.40. The van der Waals surface area contributed by atoms with Gasteiger partial charge in [0, 0.05) is 13.5 Å². The quantitative estimate of drug-likeness (QED) is 0.634. The number of amides is 1. The third kappa shape index (κ3) is 8.00. The number of rotatable bonds is 6. The van der Waals surface area contributed by atoms with Crippen LogP contribution in [-0.2, 0) is 4.79 Å². The molecule has 2 atom stereocenters. The lowest BCUT2D eigenvalue weighted by atomic mass is 10.0. The lowest BCUT2D eigenvalue weighted by molar-refractivity contribution is -0.118. The van der Waals surface area contributed by atoms with Gasteiger partial charge in [-0.05, 0) is 24.9 Å². The van der Waals surface area contributed by atoms with Crippen LogP contribution in [-0.4, -0.2) is 18.6 Å². The van der Waals surface area contributed by atoms with E-state index in [0.29, 0.717) is 0 Å². The molecule has 0 heterocycles. The van der Waals surface area contributed by atoms with E-state index in [2.05, 4.69) is 21.5 Å². The number of hydrogen-bond acceptors (Lipinski definition) is 1. The van der Waals surface area contributed by atoms with Crippen molar-refractivity contribution >= 4 is 15.1 Å². The van der Waals surface area contributed by atoms with Gasteiger partial charge in [0.15, 0.2) is 0 Å². The first-order valence-electron chi connectivity index (χ1n) is 4.61. The number of carbonyl (C=O) groups excluding carboxylic acids is 1. The van der Waals surface area contributed by atoms with Gasteiger partial charge in [-0.1, -0.05) is 13.3 Å². The Labute approximate surface area is 77.7 Å². The molecule has 3 heteroatoms. The minimum atomic E-state index is 0.0771. The Bertz CT molecular complexity index is 128. The van der Waals surface area contributed by atoms with Gasteiger partial charge < -0.3 is 5.32 Å². The van der Waals surface area contributed by atoms with E-state index < -0.39 is 0 Å². The highest BCUT2D eigenvalue weighted by Crippen LogP contribution is 2.10. The molecular weight excluding hydrogens is 169 g/mol. The van der Waals surface area contributed by atoms with Crippen molar-refractivity contribution in [3.05, 3.63) is 0 Å². The van der Waals surface area contributed by atoms with E-state index in [9.17, 15) is 4.79 Å². The highest BCUT2D eigenvalue weighted by atomic mass is 31.0. The second kappa shape index (κ2) is 7.54. The molecule has 0 aliphatic heterocycles. The summed E-state index contributed by atoms with van der Waals surface area (Å²) in [6, 6.07) is 0. The summed E-state index contributed by atoms with van der Waals surface area (Å²) in [7, 11) is 2.74. The monoisotopic (exact) mass is 189 g/mol. The first-order chi connectivity index (χ1) is 5.66. The highest BCUT2D eigenvalue weighted by Gasteiger charge is 2.00. The topological polar surface area (TPSA) is 29.1 Å². The smallest absolute Gasteiger partial charge is 0.216 e. The molecule has 12 heavy (non-hydrogen) atoms. The van der Waals surface area contributed by atoms with E-state index in [4.69, 9.17) is 0 Å². The minimum Gasteiger partial charge on any atom is -0.356 e. The number of hydrogen-bond donors (Lipinski definition) is 1. The SMILES string of the molecule is CC(=O)NCCC(C)CCCP. The Morgan fingerprint density at radius 1 is 1.50 bits per heavy atom. The maximum atomic E-state index is 10.5. The van der Waals surface area contributed by atoms with Crippen molar-refractivity contribution in [3.8, 4) is 0 Å². The van der Waals surface area contributed by atoms with Crippen molar-refractivity contribution in [2.45, 2.75) is 33.1 Å². The maximum absolute atomic E-state index is 10.5. The van der Waals surface area contributed by atoms with Crippen LogP contribution < -0.4 is 5.32 Å². The third-order valence-corrected chi connectivity index (χ3v) is 2.32. The van der Waals surface area contributed by atoms with Gasteiger partial charge in [-0.3, -0.25) is 4.79 Å². The lowest BCUT2D eigenvalue weighted by Gasteiger charge is -2.10. The van der Waals surface area contributed by atoms with Gasteiger partial charge in [-0.2, -0.15) is 0 Å². The molecule has 2 nitrogen and oxygen atoms in total. The molecule has 0 rings (SSSR count). The van der Waals surface area contributed by atoms with Gasteiger partial charge in [0.25, 0.3) is 0 Å². The van der Waals surface area contributed by atoms with Crippen molar-refractivity contribution < 1.29 is 4.79 Å². The Kier molecular flexibility index (Phi) is 7.48. The van der Waals surface area contributed by atoms with Crippen LogP contribution in [0.3, 0.4) is 0 Å². The molecule has 0 aliphatic rings. The summed E-state index contributed by atoms with van der Waals surface area (Å²) in [5.74, 6) is 0.811. The second-order valence-corrected chi connectivity index (χ2v) is 3.89. The summed E-state index contributed by atoms with van der Waals surface area (Å²) in [5, 5.41) is 2.81. The molecular formula is C9H20NOP. The van der Waals surface area contributed by atoms with Gasteiger partial charge in [-0.25, -0.2) is 0 Å². The Morgan fingerprint density at radius 2 is 2.17 bits per heavy atom. The van der Waals surface area contributed by atoms with E-state index in [0.717, 1.165) is 18.9 Å².